The normalized spacial score (nSPS) is 10.8. The molecular formula is C23H21N3O3. The van der Waals surface area contributed by atoms with Crippen LogP contribution in [0.1, 0.15) is 33.5 Å². The summed E-state index contributed by atoms with van der Waals surface area (Å²) in [6.07, 6.45) is 1.45. The molecule has 4 rings (SSSR count). The first kappa shape index (κ1) is 18.6. The molecule has 0 aliphatic heterocycles. The predicted octanol–water partition coefficient (Wildman–Crippen LogP) is 4.44. The summed E-state index contributed by atoms with van der Waals surface area (Å²) in [5.74, 6) is -0.201. The maximum absolute atomic E-state index is 12.8. The Kier molecular flexibility index (Phi) is 5.16. The van der Waals surface area contributed by atoms with Gasteiger partial charge in [-0.05, 0) is 48.9 Å². The van der Waals surface area contributed by atoms with E-state index in [2.05, 4.69) is 10.6 Å². The molecule has 2 aromatic carbocycles. The lowest BCUT2D eigenvalue weighted by Crippen LogP contribution is -2.25. The van der Waals surface area contributed by atoms with Crippen molar-refractivity contribution in [2.45, 2.75) is 20.0 Å². The van der Waals surface area contributed by atoms with Crippen LogP contribution < -0.4 is 10.6 Å². The predicted molar refractivity (Wildman–Crippen MR) is 112 cm³/mol. The highest BCUT2D eigenvalue weighted by atomic mass is 16.3. The van der Waals surface area contributed by atoms with Gasteiger partial charge in [0.2, 0.25) is 0 Å². The summed E-state index contributed by atoms with van der Waals surface area (Å²) in [5.41, 5.74) is 3.20. The molecule has 0 aliphatic carbocycles. The van der Waals surface area contributed by atoms with Crippen molar-refractivity contribution in [3.8, 4) is 0 Å². The number of para-hydroxylation sites is 1. The molecule has 0 saturated heterocycles. The Hall–Kier alpha value is -3.80. The fourth-order valence-corrected chi connectivity index (χ4v) is 3.37. The van der Waals surface area contributed by atoms with Gasteiger partial charge in [-0.3, -0.25) is 9.59 Å². The van der Waals surface area contributed by atoms with Crippen LogP contribution in [0.5, 0.6) is 0 Å². The number of hydrogen-bond donors (Lipinski definition) is 2. The zero-order chi connectivity index (χ0) is 20.2. The number of aryl methyl sites for hydroxylation is 1. The van der Waals surface area contributed by atoms with E-state index >= 15 is 0 Å². The Morgan fingerprint density at radius 3 is 2.62 bits per heavy atom. The molecule has 29 heavy (non-hydrogen) atoms. The fraction of sp³-hybridized carbons (Fsp3) is 0.130. The number of anilines is 1. The number of furan rings is 1. The molecule has 0 unspecified atom stereocenters. The lowest BCUT2D eigenvalue weighted by Gasteiger charge is -2.10. The van der Waals surface area contributed by atoms with Crippen LogP contribution in [0.25, 0.3) is 10.9 Å². The van der Waals surface area contributed by atoms with Gasteiger partial charge in [-0.15, -0.1) is 0 Å². The molecule has 0 aliphatic rings. The highest BCUT2D eigenvalue weighted by molar-refractivity contribution is 6.02. The minimum absolute atomic E-state index is 0.131. The van der Waals surface area contributed by atoms with E-state index in [0.29, 0.717) is 24.5 Å². The van der Waals surface area contributed by atoms with Crippen molar-refractivity contribution in [1.29, 1.82) is 0 Å². The molecule has 146 valence electrons. The largest absolute Gasteiger partial charge is 0.459 e. The molecule has 6 nitrogen and oxygen atoms in total. The number of benzene rings is 2. The Bertz CT molecular complexity index is 1160. The van der Waals surface area contributed by atoms with Crippen LogP contribution in [0.2, 0.25) is 0 Å². The third kappa shape index (κ3) is 3.91. The summed E-state index contributed by atoms with van der Waals surface area (Å²) in [6, 6.07) is 20.5. The minimum Gasteiger partial charge on any atom is -0.459 e. The number of rotatable bonds is 6. The van der Waals surface area contributed by atoms with Gasteiger partial charge in [0.1, 0.15) is 5.69 Å². The molecule has 0 spiro atoms. The number of aromatic nitrogens is 1. The Balaban J connectivity index is 1.45. The number of carbonyl (C=O) groups excluding carboxylic acids is 2. The average molecular weight is 387 g/mol. The van der Waals surface area contributed by atoms with Crippen molar-refractivity contribution < 1.29 is 14.0 Å². The van der Waals surface area contributed by atoms with Crippen LogP contribution in [0, 0.1) is 0 Å². The van der Waals surface area contributed by atoms with Gasteiger partial charge in [0.15, 0.2) is 5.76 Å². The van der Waals surface area contributed by atoms with Gasteiger partial charge in [0, 0.05) is 29.7 Å². The van der Waals surface area contributed by atoms with Crippen molar-refractivity contribution in [3.63, 3.8) is 0 Å². The van der Waals surface area contributed by atoms with Gasteiger partial charge in [-0.25, -0.2) is 0 Å². The van der Waals surface area contributed by atoms with E-state index < -0.39 is 0 Å². The third-order valence-corrected chi connectivity index (χ3v) is 4.74. The fourth-order valence-electron chi connectivity index (χ4n) is 3.37. The first-order chi connectivity index (χ1) is 14.2. The molecule has 2 N–H and O–H groups in total. The molecule has 2 heterocycles. The highest BCUT2D eigenvalue weighted by Gasteiger charge is 2.14. The Labute approximate surface area is 168 Å². The summed E-state index contributed by atoms with van der Waals surface area (Å²) in [7, 11) is 0. The summed E-state index contributed by atoms with van der Waals surface area (Å²) in [6.45, 7) is 3.09. The molecule has 0 radical (unpaired) electrons. The molecule has 2 amide bonds. The average Bonchev–Trinajstić information content (AvgIpc) is 3.40. The zero-order valence-corrected chi connectivity index (χ0v) is 16.0. The van der Waals surface area contributed by atoms with Crippen LogP contribution >= 0.6 is 0 Å². The van der Waals surface area contributed by atoms with Gasteiger partial charge >= 0.3 is 0 Å². The van der Waals surface area contributed by atoms with Crippen LogP contribution in [0.3, 0.4) is 0 Å². The van der Waals surface area contributed by atoms with Gasteiger partial charge in [0.05, 0.1) is 6.26 Å². The number of nitrogens with one attached hydrogen (secondary N) is 2. The Morgan fingerprint density at radius 2 is 1.83 bits per heavy atom. The van der Waals surface area contributed by atoms with Crippen molar-refractivity contribution in [2.75, 3.05) is 5.32 Å². The maximum Gasteiger partial charge on any atom is 0.291 e. The smallest absolute Gasteiger partial charge is 0.291 e. The van der Waals surface area contributed by atoms with E-state index in [1.54, 1.807) is 18.2 Å². The maximum atomic E-state index is 12.8. The highest BCUT2D eigenvalue weighted by Crippen LogP contribution is 2.20. The van der Waals surface area contributed by atoms with Crippen LogP contribution in [0.4, 0.5) is 5.69 Å². The van der Waals surface area contributed by atoms with Crippen molar-refractivity contribution in [2.24, 2.45) is 0 Å². The molecule has 6 heteroatoms. The zero-order valence-electron chi connectivity index (χ0n) is 16.0. The Morgan fingerprint density at radius 1 is 0.966 bits per heavy atom. The standard InChI is InChI=1S/C23H21N3O3/c1-2-26-19-10-4-3-8-17(19)14-20(26)22(27)24-15-16-7-5-9-18(13-16)25-23(28)21-11-6-12-29-21/h3-14H,2,15H2,1H3,(H,24,27)(H,25,28). The third-order valence-electron chi connectivity index (χ3n) is 4.74. The number of amides is 2. The lowest BCUT2D eigenvalue weighted by atomic mass is 10.2. The molecule has 2 aromatic heterocycles. The van der Waals surface area contributed by atoms with Crippen LogP contribution in [-0.4, -0.2) is 16.4 Å². The summed E-state index contributed by atoms with van der Waals surface area (Å²) < 4.78 is 7.11. The van der Waals surface area contributed by atoms with Gasteiger partial charge < -0.3 is 19.6 Å². The first-order valence-corrected chi connectivity index (χ1v) is 9.46. The molecular weight excluding hydrogens is 366 g/mol. The second-order valence-electron chi connectivity index (χ2n) is 6.65. The van der Waals surface area contributed by atoms with E-state index in [-0.39, 0.29) is 17.6 Å². The van der Waals surface area contributed by atoms with E-state index in [1.165, 1.54) is 6.26 Å². The van der Waals surface area contributed by atoms with E-state index in [9.17, 15) is 9.59 Å². The number of hydrogen-bond acceptors (Lipinski definition) is 3. The number of fused-ring (bicyclic) bond motifs is 1. The lowest BCUT2D eigenvalue weighted by molar-refractivity contribution is 0.0941. The van der Waals surface area contributed by atoms with E-state index in [4.69, 9.17) is 4.42 Å². The van der Waals surface area contributed by atoms with Gasteiger partial charge in [-0.2, -0.15) is 0 Å². The van der Waals surface area contributed by atoms with Crippen molar-refractivity contribution >= 4 is 28.4 Å². The molecule has 0 atom stereocenters. The number of nitrogens with zero attached hydrogens (tertiary/aromatic N) is 1. The minimum atomic E-state index is -0.316. The molecule has 4 aromatic rings. The quantitative estimate of drug-likeness (QED) is 0.514. The number of carbonyl (C=O) groups is 2. The van der Waals surface area contributed by atoms with Crippen LogP contribution in [0.15, 0.2) is 77.4 Å². The SMILES string of the molecule is CCn1c(C(=O)NCc2cccc(NC(=O)c3ccco3)c2)cc2ccccc21. The van der Waals surface area contributed by atoms with E-state index in [1.807, 2.05) is 60.0 Å². The summed E-state index contributed by atoms with van der Waals surface area (Å²) >= 11 is 0. The molecule has 0 bridgehead atoms. The molecule has 0 saturated carbocycles. The summed E-state index contributed by atoms with van der Waals surface area (Å²) in [4.78, 5) is 24.9. The monoisotopic (exact) mass is 387 g/mol. The first-order valence-electron chi connectivity index (χ1n) is 9.46. The van der Waals surface area contributed by atoms with E-state index in [0.717, 1.165) is 16.5 Å². The van der Waals surface area contributed by atoms with Crippen molar-refractivity contribution in [1.82, 2.24) is 9.88 Å². The van der Waals surface area contributed by atoms with Crippen LogP contribution in [-0.2, 0) is 13.1 Å². The van der Waals surface area contributed by atoms with Crippen molar-refractivity contribution in [3.05, 3.63) is 90.0 Å². The second kappa shape index (κ2) is 8.06. The molecule has 0 fully saturated rings. The second-order valence-corrected chi connectivity index (χ2v) is 6.65. The topological polar surface area (TPSA) is 76.3 Å². The summed E-state index contributed by atoms with van der Waals surface area (Å²) in [5, 5.41) is 6.80. The van der Waals surface area contributed by atoms with Gasteiger partial charge in [0.25, 0.3) is 11.8 Å². The van der Waals surface area contributed by atoms with Gasteiger partial charge in [-0.1, -0.05) is 30.3 Å².